The predicted molar refractivity (Wildman–Crippen MR) is 115 cm³/mol. The van der Waals surface area contributed by atoms with E-state index < -0.39 is 11.7 Å². The van der Waals surface area contributed by atoms with Crippen molar-refractivity contribution in [3.63, 3.8) is 0 Å². The molecule has 4 rings (SSSR count). The highest BCUT2D eigenvalue weighted by molar-refractivity contribution is 5.83. The maximum atomic E-state index is 12.9. The SMILES string of the molecule is CN1[C@@H](CCC(=O)N2CCOCC2)CNC(=O)[C@@H]2[C@@H]1CCN2Cc1ccc(C(F)(F)F)cc1. The zero-order valence-corrected chi connectivity index (χ0v) is 18.8. The van der Waals surface area contributed by atoms with Crippen molar-refractivity contribution in [3.05, 3.63) is 35.4 Å². The summed E-state index contributed by atoms with van der Waals surface area (Å²) < 4.78 is 43.8. The Labute approximate surface area is 191 Å². The van der Waals surface area contributed by atoms with E-state index in [1.54, 1.807) is 0 Å². The van der Waals surface area contributed by atoms with Gasteiger partial charge < -0.3 is 15.0 Å². The van der Waals surface area contributed by atoms with Gasteiger partial charge in [-0.1, -0.05) is 12.1 Å². The number of nitrogens with zero attached hydrogens (tertiary/aromatic N) is 3. The molecule has 3 heterocycles. The summed E-state index contributed by atoms with van der Waals surface area (Å²) in [6, 6.07) is 4.83. The van der Waals surface area contributed by atoms with E-state index in [0.29, 0.717) is 58.8 Å². The number of hydrogen-bond donors (Lipinski definition) is 1. The molecular formula is C23H31F3N4O3. The van der Waals surface area contributed by atoms with Crippen LogP contribution in [0.15, 0.2) is 24.3 Å². The molecule has 2 amide bonds. The van der Waals surface area contributed by atoms with E-state index in [0.717, 1.165) is 24.1 Å². The number of ether oxygens (including phenoxy) is 1. The zero-order valence-electron chi connectivity index (χ0n) is 18.8. The molecule has 1 N–H and O–H groups in total. The second kappa shape index (κ2) is 9.99. The van der Waals surface area contributed by atoms with Crippen LogP contribution in [0.3, 0.4) is 0 Å². The van der Waals surface area contributed by atoms with Crippen LogP contribution < -0.4 is 5.32 Å². The molecule has 0 aromatic heterocycles. The first-order chi connectivity index (χ1) is 15.7. The van der Waals surface area contributed by atoms with Gasteiger partial charge in [0.25, 0.3) is 0 Å². The van der Waals surface area contributed by atoms with Crippen LogP contribution in [-0.4, -0.2) is 91.1 Å². The Morgan fingerprint density at radius 1 is 1.15 bits per heavy atom. The number of alkyl halides is 3. The molecule has 1 aromatic rings. The van der Waals surface area contributed by atoms with Crippen molar-refractivity contribution in [3.8, 4) is 0 Å². The van der Waals surface area contributed by atoms with Crippen molar-refractivity contribution < 1.29 is 27.5 Å². The summed E-state index contributed by atoms with van der Waals surface area (Å²) >= 11 is 0. The van der Waals surface area contributed by atoms with Crippen molar-refractivity contribution in [1.82, 2.24) is 20.0 Å². The van der Waals surface area contributed by atoms with Crippen molar-refractivity contribution in [2.45, 2.75) is 50.1 Å². The minimum atomic E-state index is -4.36. The zero-order chi connectivity index (χ0) is 23.6. The van der Waals surface area contributed by atoms with E-state index in [9.17, 15) is 22.8 Å². The van der Waals surface area contributed by atoms with Crippen LogP contribution in [0.2, 0.25) is 0 Å². The van der Waals surface area contributed by atoms with Crippen molar-refractivity contribution in [2.75, 3.05) is 46.4 Å². The van der Waals surface area contributed by atoms with Crippen molar-refractivity contribution >= 4 is 11.8 Å². The Morgan fingerprint density at radius 3 is 2.52 bits per heavy atom. The van der Waals surface area contributed by atoms with Gasteiger partial charge >= 0.3 is 6.18 Å². The molecule has 182 valence electrons. The first kappa shape index (κ1) is 24.0. The molecule has 0 radical (unpaired) electrons. The van der Waals surface area contributed by atoms with Crippen LogP contribution in [-0.2, 0) is 27.0 Å². The number of likely N-dealkylation sites (N-methyl/N-ethyl adjacent to an activating group) is 1. The number of likely N-dealkylation sites (tertiary alicyclic amines) is 1. The summed E-state index contributed by atoms with van der Waals surface area (Å²) in [6.07, 6.45) is -2.48. The van der Waals surface area contributed by atoms with Gasteiger partial charge in [-0.05, 0) is 37.6 Å². The maximum Gasteiger partial charge on any atom is 0.416 e. The van der Waals surface area contributed by atoms with E-state index >= 15 is 0 Å². The molecule has 10 heteroatoms. The summed E-state index contributed by atoms with van der Waals surface area (Å²) in [7, 11) is 2.00. The largest absolute Gasteiger partial charge is 0.416 e. The fourth-order valence-electron chi connectivity index (χ4n) is 5.12. The monoisotopic (exact) mass is 468 g/mol. The third-order valence-corrected chi connectivity index (χ3v) is 7.07. The molecule has 3 aliphatic heterocycles. The molecule has 33 heavy (non-hydrogen) atoms. The van der Waals surface area contributed by atoms with Crippen LogP contribution in [0, 0.1) is 0 Å². The molecule has 0 saturated carbocycles. The Kier molecular flexibility index (Phi) is 7.25. The van der Waals surface area contributed by atoms with Gasteiger partial charge in [-0.3, -0.25) is 19.4 Å². The second-order valence-electron chi connectivity index (χ2n) is 9.06. The molecular weight excluding hydrogens is 437 g/mol. The summed E-state index contributed by atoms with van der Waals surface area (Å²) in [4.78, 5) is 31.6. The van der Waals surface area contributed by atoms with Crippen molar-refractivity contribution in [2.24, 2.45) is 0 Å². The van der Waals surface area contributed by atoms with E-state index in [2.05, 4.69) is 10.2 Å². The van der Waals surface area contributed by atoms with Crippen LogP contribution in [0.1, 0.15) is 30.4 Å². The van der Waals surface area contributed by atoms with Gasteiger partial charge in [0.2, 0.25) is 11.8 Å². The average Bonchev–Trinajstić information content (AvgIpc) is 3.17. The van der Waals surface area contributed by atoms with E-state index in [1.807, 2.05) is 16.8 Å². The summed E-state index contributed by atoms with van der Waals surface area (Å²) in [5.41, 5.74) is 0.0722. The predicted octanol–water partition coefficient (Wildman–Crippen LogP) is 1.72. The lowest BCUT2D eigenvalue weighted by Gasteiger charge is -2.33. The molecule has 0 bridgehead atoms. The van der Waals surface area contributed by atoms with E-state index in [1.165, 1.54) is 12.1 Å². The number of nitrogens with one attached hydrogen (secondary N) is 1. The molecule has 3 saturated heterocycles. The van der Waals surface area contributed by atoms with Gasteiger partial charge in [0, 0.05) is 51.2 Å². The Bertz CT molecular complexity index is 842. The summed E-state index contributed by atoms with van der Waals surface area (Å²) in [6.45, 7) is 3.98. The van der Waals surface area contributed by atoms with Crippen molar-refractivity contribution in [1.29, 1.82) is 0 Å². The number of halogens is 3. The highest BCUT2D eigenvalue weighted by Gasteiger charge is 2.45. The maximum absolute atomic E-state index is 12.9. The second-order valence-corrected chi connectivity index (χ2v) is 9.06. The van der Waals surface area contributed by atoms with Gasteiger partial charge in [0.15, 0.2) is 0 Å². The summed E-state index contributed by atoms with van der Waals surface area (Å²) in [5.74, 6) is 0.0624. The molecule has 3 atom stereocenters. The topological polar surface area (TPSA) is 65.1 Å². The van der Waals surface area contributed by atoms with E-state index in [4.69, 9.17) is 4.74 Å². The van der Waals surface area contributed by atoms with Crippen LogP contribution in [0.5, 0.6) is 0 Å². The fourth-order valence-corrected chi connectivity index (χ4v) is 5.12. The molecule has 0 unspecified atom stereocenters. The lowest BCUT2D eigenvalue weighted by Crippen LogP contribution is -2.49. The van der Waals surface area contributed by atoms with Crippen LogP contribution >= 0.6 is 0 Å². The third-order valence-electron chi connectivity index (χ3n) is 7.07. The number of fused-ring (bicyclic) bond motifs is 1. The summed E-state index contributed by atoms with van der Waals surface area (Å²) in [5, 5.41) is 3.03. The molecule has 3 aliphatic rings. The molecule has 0 spiro atoms. The fraction of sp³-hybridized carbons (Fsp3) is 0.652. The smallest absolute Gasteiger partial charge is 0.378 e. The van der Waals surface area contributed by atoms with Gasteiger partial charge in [-0.15, -0.1) is 0 Å². The van der Waals surface area contributed by atoms with Gasteiger partial charge in [-0.25, -0.2) is 0 Å². The number of morpholine rings is 1. The standard InChI is InChI=1S/C23H31F3N4O3/c1-28-18(6-7-20(31)29-10-12-33-13-11-29)14-27-22(32)21-19(28)8-9-30(21)15-16-2-4-17(5-3-16)23(24,25)26/h2-5,18-19,21H,6-15H2,1H3,(H,27,32)/t18-,19-,21-/m0/s1. The highest BCUT2D eigenvalue weighted by atomic mass is 19.4. The Hall–Kier alpha value is -2.17. The first-order valence-electron chi connectivity index (χ1n) is 11.5. The highest BCUT2D eigenvalue weighted by Crippen LogP contribution is 2.31. The Balaban J connectivity index is 1.37. The minimum absolute atomic E-state index is 0.00503. The van der Waals surface area contributed by atoms with Gasteiger partial charge in [-0.2, -0.15) is 13.2 Å². The van der Waals surface area contributed by atoms with Crippen LogP contribution in [0.4, 0.5) is 13.2 Å². The molecule has 7 nitrogen and oxygen atoms in total. The quantitative estimate of drug-likeness (QED) is 0.713. The normalized spacial score (nSPS) is 27.2. The third kappa shape index (κ3) is 5.50. The molecule has 0 aliphatic carbocycles. The minimum Gasteiger partial charge on any atom is -0.378 e. The number of benzene rings is 1. The lowest BCUT2D eigenvalue weighted by molar-refractivity contribution is -0.137. The van der Waals surface area contributed by atoms with Gasteiger partial charge in [0.05, 0.1) is 18.8 Å². The number of carbonyl (C=O) groups is 2. The molecule has 1 aromatic carbocycles. The number of rotatable bonds is 5. The number of carbonyl (C=O) groups excluding carboxylic acids is 2. The van der Waals surface area contributed by atoms with Crippen LogP contribution in [0.25, 0.3) is 0 Å². The number of hydrogen-bond acceptors (Lipinski definition) is 5. The number of amides is 2. The van der Waals surface area contributed by atoms with E-state index in [-0.39, 0.29) is 29.9 Å². The lowest BCUT2D eigenvalue weighted by atomic mass is 10.0. The average molecular weight is 469 g/mol. The molecule has 3 fully saturated rings. The first-order valence-corrected chi connectivity index (χ1v) is 11.5. The van der Waals surface area contributed by atoms with Gasteiger partial charge in [0.1, 0.15) is 6.04 Å². The Morgan fingerprint density at radius 2 is 1.85 bits per heavy atom.